The summed E-state index contributed by atoms with van der Waals surface area (Å²) in [4.78, 5) is 26.3. The number of rotatable bonds is 12. The Labute approximate surface area is 248 Å². The smallest absolute Gasteiger partial charge is 0.269 e. The normalized spacial score (nSPS) is 13.6. The molecule has 222 valence electrons. The summed E-state index contributed by atoms with van der Waals surface area (Å²) in [5, 5.41) is 15.7. The number of aromatic amines is 1. The molecule has 3 aromatic carbocycles. The van der Waals surface area contributed by atoms with Crippen molar-refractivity contribution in [1.82, 2.24) is 10.3 Å². The van der Waals surface area contributed by atoms with Gasteiger partial charge in [-0.1, -0.05) is 69.3 Å². The molecule has 0 aliphatic rings. The predicted octanol–water partition coefficient (Wildman–Crippen LogP) is 7.30. The number of nitro benzene ring substituents is 1. The highest BCUT2D eigenvalue weighted by Crippen LogP contribution is 2.41. The second-order valence-corrected chi connectivity index (χ2v) is 17.1. The molecule has 42 heavy (non-hydrogen) atoms. The average Bonchev–Trinajstić information content (AvgIpc) is 2.94. The monoisotopic (exact) mass is 587 g/mol. The number of fused-ring (bicyclic) bond motifs is 1. The zero-order valence-corrected chi connectivity index (χ0v) is 26.3. The van der Waals surface area contributed by atoms with Gasteiger partial charge in [-0.2, -0.15) is 0 Å². The number of H-pyrrole nitrogens is 1. The van der Waals surface area contributed by atoms with Gasteiger partial charge in [-0.25, -0.2) is 0 Å². The van der Waals surface area contributed by atoms with E-state index >= 15 is 0 Å². The highest BCUT2D eigenvalue weighted by molar-refractivity contribution is 6.74. The minimum atomic E-state index is -2.21. The van der Waals surface area contributed by atoms with E-state index in [4.69, 9.17) is 9.16 Å². The van der Waals surface area contributed by atoms with Crippen molar-refractivity contribution < 1.29 is 14.1 Å². The van der Waals surface area contributed by atoms with Gasteiger partial charge < -0.3 is 19.5 Å². The molecule has 0 fully saturated rings. The minimum Gasteiger partial charge on any atom is -0.487 e. The lowest BCUT2D eigenvalue weighted by atomic mass is 10.0. The third kappa shape index (κ3) is 7.73. The molecule has 9 heteroatoms. The summed E-state index contributed by atoms with van der Waals surface area (Å²) < 4.78 is 13.2. The van der Waals surface area contributed by atoms with Crippen LogP contribution in [-0.2, 0) is 17.5 Å². The first kappa shape index (κ1) is 31.1. The zero-order valence-electron chi connectivity index (χ0n) is 25.3. The van der Waals surface area contributed by atoms with Crippen LogP contribution >= 0.6 is 0 Å². The van der Waals surface area contributed by atoms with Gasteiger partial charge in [0.1, 0.15) is 12.4 Å². The largest absolute Gasteiger partial charge is 0.487 e. The first-order valence-corrected chi connectivity index (χ1v) is 17.2. The van der Waals surface area contributed by atoms with E-state index in [0.717, 1.165) is 22.1 Å². The molecule has 1 heterocycles. The van der Waals surface area contributed by atoms with Gasteiger partial charge in [0, 0.05) is 36.2 Å². The van der Waals surface area contributed by atoms with Gasteiger partial charge >= 0.3 is 0 Å². The highest BCUT2D eigenvalue weighted by atomic mass is 28.4. The summed E-state index contributed by atoms with van der Waals surface area (Å²) in [5.74, 6) is 0.605. The standard InChI is InChI=1S/C33H41N3O5Si/c1-23(19-25-13-10-14-26(20-25)36(38)39)34-21-30(41-42(5,6)33(2,3)4)27-15-17-29(32-28(27)16-18-31(37)35-32)40-22-24-11-8-7-9-12-24/h7-18,20,23,30,34H,19,21-22H2,1-6H3,(H,35,37)/t23?,30-/m0/s1. The van der Waals surface area contributed by atoms with Gasteiger partial charge in [0.2, 0.25) is 5.56 Å². The number of nitro groups is 1. The van der Waals surface area contributed by atoms with Gasteiger partial charge in [0.25, 0.3) is 5.69 Å². The molecule has 4 rings (SSSR count). The molecule has 0 saturated carbocycles. The van der Waals surface area contributed by atoms with Gasteiger partial charge in [-0.15, -0.1) is 0 Å². The Balaban J connectivity index is 1.64. The van der Waals surface area contributed by atoms with E-state index in [-0.39, 0.29) is 33.4 Å². The molecule has 0 amide bonds. The van der Waals surface area contributed by atoms with Crippen LogP contribution in [-0.4, -0.2) is 30.8 Å². The fourth-order valence-corrected chi connectivity index (χ4v) is 5.94. The Morgan fingerprint density at radius 3 is 2.38 bits per heavy atom. The van der Waals surface area contributed by atoms with E-state index in [1.165, 1.54) is 12.1 Å². The summed E-state index contributed by atoms with van der Waals surface area (Å²) >= 11 is 0. The van der Waals surface area contributed by atoms with Gasteiger partial charge in [0.05, 0.1) is 16.5 Å². The van der Waals surface area contributed by atoms with Crippen molar-refractivity contribution in [1.29, 1.82) is 0 Å². The van der Waals surface area contributed by atoms with Crippen LogP contribution in [0, 0.1) is 10.1 Å². The Kier molecular flexibility index (Phi) is 9.66. The number of benzene rings is 3. The first-order chi connectivity index (χ1) is 19.8. The van der Waals surface area contributed by atoms with Gasteiger partial charge in [-0.3, -0.25) is 14.9 Å². The molecule has 0 radical (unpaired) electrons. The highest BCUT2D eigenvalue weighted by Gasteiger charge is 2.40. The lowest BCUT2D eigenvalue weighted by Crippen LogP contribution is -2.44. The second-order valence-electron chi connectivity index (χ2n) is 12.3. The van der Waals surface area contributed by atoms with Crippen LogP contribution in [0.3, 0.4) is 0 Å². The molecule has 1 aromatic heterocycles. The lowest BCUT2D eigenvalue weighted by Gasteiger charge is -2.40. The minimum absolute atomic E-state index is 0.0112. The number of hydrogen-bond acceptors (Lipinski definition) is 6. The molecule has 8 nitrogen and oxygen atoms in total. The molecule has 0 aliphatic carbocycles. The molecule has 0 saturated heterocycles. The summed E-state index contributed by atoms with van der Waals surface area (Å²) in [5.41, 5.74) is 3.43. The van der Waals surface area contributed by atoms with Crippen LogP contribution in [0.15, 0.2) is 83.7 Å². The topological polar surface area (TPSA) is 106 Å². The quantitative estimate of drug-likeness (QED) is 0.102. The van der Waals surface area contributed by atoms with Crippen LogP contribution in [0.5, 0.6) is 5.75 Å². The third-order valence-corrected chi connectivity index (χ3v) is 12.5. The molecule has 1 unspecified atom stereocenters. The number of ether oxygens (including phenoxy) is 1. The first-order valence-electron chi connectivity index (χ1n) is 14.3. The van der Waals surface area contributed by atoms with Gasteiger partial charge in [0.15, 0.2) is 8.32 Å². The van der Waals surface area contributed by atoms with Crippen molar-refractivity contribution in [3.8, 4) is 5.75 Å². The van der Waals surface area contributed by atoms with Crippen LogP contribution in [0.4, 0.5) is 5.69 Å². The fourth-order valence-electron chi connectivity index (χ4n) is 4.66. The molecule has 2 N–H and O–H groups in total. The Bertz CT molecular complexity index is 1580. The van der Waals surface area contributed by atoms with E-state index in [1.807, 2.05) is 54.6 Å². The van der Waals surface area contributed by atoms with Crippen molar-refractivity contribution >= 4 is 24.9 Å². The van der Waals surface area contributed by atoms with Crippen LogP contribution in [0.2, 0.25) is 18.1 Å². The van der Waals surface area contributed by atoms with E-state index in [9.17, 15) is 14.9 Å². The summed E-state index contributed by atoms with van der Waals surface area (Å²) in [6.07, 6.45) is 0.337. The zero-order chi connectivity index (χ0) is 30.5. The number of hydrogen-bond donors (Lipinski definition) is 2. The maximum atomic E-state index is 12.4. The number of pyridine rings is 1. The molecule has 4 aromatic rings. The fraction of sp³-hybridized carbons (Fsp3) is 0.364. The predicted molar refractivity (Wildman–Crippen MR) is 171 cm³/mol. The van der Waals surface area contributed by atoms with Crippen LogP contribution in [0.25, 0.3) is 10.9 Å². The third-order valence-electron chi connectivity index (χ3n) is 8.03. The lowest BCUT2D eigenvalue weighted by molar-refractivity contribution is -0.384. The summed E-state index contributed by atoms with van der Waals surface area (Å²) in [6.45, 7) is 14.1. The molecule has 2 atom stereocenters. The molecular formula is C33H41N3O5Si. The van der Waals surface area contributed by atoms with E-state index in [1.54, 1.807) is 12.1 Å². The molecule has 0 aliphatic heterocycles. The van der Waals surface area contributed by atoms with Crippen LogP contribution < -0.4 is 15.6 Å². The van der Waals surface area contributed by atoms with Crippen LogP contribution in [0.1, 0.15) is 50.5 Å². The van der Waals surface area contributed by atoms with E-state index < -0.39 is 8.32 Å². The number of nitrogens with one attached hydrogen (secondary N) is 2. The Morgan fingerprint density at radius 2 is 1.69 bits per heavy atom. The maximum absolute atomic E-state index is 12.4. The second kappa shape index (κ2) is 13.0. The molecule has 0 bridgehead atoms. The number of nitrogens with zero attached hydrogens (tertiary/aromatic N) is 1. The Hall–Kier alpha value is -3.79. The van der Waals surface area contributed by atoms with Crippen molar-refractivity contribution in [2.75, 3.05) is 6.54 Å². The average molecular weight is 588 g/mol. The number of non-ortho nitro benzene ring substituents is 1. The van der Waals surface area contributed by atoms with E-state index in [2.05, 4.69) is 51.1 Å². The molecular weight excluding hydrogens is 546 g/mol. The van der Waals surface area contributed by atoms with Gasteiger partial charge in [-0.05, 0) is 60.3 Å². The summed E-state index contributed by atoms with van der Waals surface area (Å²) in [7, 11) is -2.21. The van der Waals surface area contributed by atoms with E-state index in [0.29, 0.717) is 30.8 Å². The maximum Gasteiger partial charge on any atom is 0.269 e. The summed E-state index contributed by atoms with van der Waals surface area (Å²) in [6, 6.07) is 24.0. The van der Waals surface area contributed by atoms with Crippen molar-refractivity contribution in [3.63, 3.8) is 0 Å². The van der Waals surface area contributed by atoms with Crippen molar-refractivity contribution in [3.05, 3.63) is 116 Å². The van der Waals surface area contributed by atoms with Crippen molar-refractivity contribution in [2.24, 2.45) is 0 Å². The molecule has 0 spiro atoms. The Morgan fingerprint density at radius 1 is 0.976 bits per heavy atom. The SMILES string of the molecule is CC(Cc1cccc([N+](=O)[O-])c1)NC[C@H](O[Si](C)(C)C(C)(C)C)c1ccc(OCc2ccccc2)c2[nH]c(=O)ccc12. The number of aromatic nitrogens is 1. The van der Waals surface area contributed by atoms with Crippen molar-refractivity contribution in [2.45, 2.75) is 71.0 Å².